The summed E-state index contributed by atoms with van der Waals surface area (Å²) in [5, 5.41) is 0. The number of unbranched alkanes of at least 4 members (excludes halogenated alkanes) is 11. The van der Waals surface area contributed by atoms with Crippen molar-refractivity contribution in [3.63, 3.8) is 0 Å². The largest absolute Gasteiger partial charge is 0.342 e. The van der Waals surface area contributed by atoms with Crippen LogP contribution in [0.3, 0.4) is 0 Å². The lowest BCUT2D eigenvalue weighted by Gasteiger charge is -2.31. The molecule has 0 aromatic carbocycles. The molecule has 0 radical (unpaired) electrons. The van der Waals surface area contributed by atoms with Gasteiger partial charge < -0.3 is 9.80 Å². The highest BCUT2D eigenvalue weighted by atomic mass is 16.2. The zero-order valence-corrected chi connectivity index (χ0v) is 34.2. The molecule has 0 aromatic rings. The lowest BCUT2D eigenvalue weighted by molar-refractivity contribution is -0.133. The molecule has 0 heterocycles. The quantitative estimate of drug-likeness (QED) is 0.0627. The van der Waals surface area contributed by atoms with Gasteiger partial charge in [-0.05, 0) is 62.2 Å². The maximum atomic E-state index is 13.4. The molecule has 0 fully saturated rings. The van der Waals surface area contributed by atoms with Crippen LogP contribution in [-0.2, 0) is 9.59 Å². The topological polar surface area (TPSA) is 40.6 Å². The van der Waals surface area contributed by atoms with Crippen molar-refractivity contribution in [3.05, 3.63) is 0 Å². The third kappa shape index (κ3) is 24.2. The van der Waals surface area contributed by atoms with Gasteiger partial charge in [0.15, 0.2) is 0 Å². The maximum absolute atomic E-state index is 13.4. The van der Waals surface area contributed by atoms with Crippen molar-refractivity contribution >= 4 is 11.8 Å². The summed E-state index contributed by atoms with van der Waals surface area (Å²) in [6, 6.07) is 0. The summed E-state index contributed by atoms with van der Waals surface area (Å²) >= 11 is 0. The molecular formula is C44H88N2O2. The highest BCUT2D eigenvalue weighted by Crippen LogP contribution is 2.22. The van der Waals surface area contributed by atoms with E-state index in [-0.39, 0.29) is 0 Å². The summed E-state index contributed by atoms with van der Waals surface area (Å²) in [4.78, 5) is 31.4. The molecule has 0 saturated carbocycles. The van der Waals surface area contributed by atoms with E-state index in [1.54, 1.807) is 0 Å². The van der Waals surface area contributed by atoms with Gasteiger partial charge in [0.1, 0.15) is 0 Å². The Labute approximate surface area is 302 Å². The highest BCUT2D eigenvalue weighted by Gasteiger charge is 2.22. The van der Waals surface area contributed by atoms with E-state index in [1.807, 2.05) is 0 Å². The van der Waals surface area contributed by atoms with Crippen LogP contribution in [0.1, 0.15) is 222 Å². The fraction of sp³-hybridized carbons (Fsp3) is 0.955. The van der Waals surface area contributed by atoms with E-state index in [9.17, 15) is 9.59 Å². The average molecular weight is 677 g/mol. The zero-order valence-electron chi connectivity index (χ0n) is 34.2. The van der Waals surface area contributed by atoms with Crippen molar-refractivity contribution in [3.8, 4) is 0 Å². The monoisotopic (exact) mass is 677 g/mol. The van der Waals surface area contributed by atoms with E-state index in [0.717, 1.165) is 51.9 Å². The number of hydrogen-bond donors (Lipinski definition) is 0. The van der Waals surface area contributed by atoms with Crippen LogP contribution in [0, 0.1) is 23.7 Å². The van der Waals surface area contributed by atoms with Crippen molar-refractivity contribution in [2.24, 2.45) is 23.7 Å². The Kier molecular flexibility index (Phi) is 32.4. The first-order valence-corrected chi connectivity index (χ1v) is 21.9. The van der Waals surface area contributed by atoms with Crippen LogP contribution < -0.4 is 0 Å². The molecule has 0 aromatic heterocycles. The van der Waals surface area contributed by atoms with Crippen molar-refractivity contribution in [2.45, 2.75) is 222 Å². The third-order valence-electron chi connectivity index (χ3n) is 11.3. The van der Waals surface area contributed by atoms with Crippen molar-refractivity contribution in [2.75, 3.05) is 26.2 Å². The van der Waals surface area contributed by atoms with E-state index in [0.29, 0.717) is 35.5 Å². The second-order valence-electron chi connectivity index (χ2n) is 15.6. The lowest BCUT2D eigenvalue weighted by Crippen LogP contribution is -2.38. The van der Waals surface area contributed by atoms with Gasteiger partial charge in [-0.15, -0.1) is 0 Å². The van der Waals surface area contributed by atoms with Gasteiger partial charge in [-0.1, -0.05) is 171 Å². The third-order valence-corrected chi connectivity index (χ3v) is 11.3. The molecule has 0 aliphatic carbocycles. The average Bonchev–Trinajstić information content (AvgIpc) is 3.10. The molecule has 4 atom stereocenters. The summed E-state index contributed by atoms with van der Waals surface area (Å²) < 4.78 is 0. The van der Waals surface area contributed by atoms with Crippen molar-refractivity contribution in [1.29, 1.82) is 0 Å². The summed E-state index contributed by atoms with van der Waals surface area (Å²) in [5.74, 6) is 3.40. The van der Waals surface area contributed by atoms with Crippen molar-refractivity contribution < 1.29 is 9.59 Å². The smallest absolute Gasteiger partial charge is 0.222 e. The molecule has 0 aliphatic rings. The minimum Gasteiger partial charge on any atom is -0.342 e. The van der Waals surface area contributed by atoms with Crippen LogP contribution >= 0.6 is 0 Å². The molecule has 286 valence electrons. The summed E-state index contributed by atoms with van der Waals surface area (Å²) in [6.45, 7) is 22.2. The number of carbonyl (C=O) groups is 2. The molecule has 0 spiro atoms. The number of carbonyl (C=O) groups excluding carboxylic acids is 2. The zero-order chi connectivity index (χ0) is 35.8. The van der Waals surface area contributed by atoms with Gasteiger partial charge in [0.25, 0.3) is 0 Å². The molecule has 2 amide bonds. The molecule has 0 aliphatic heterocycles. The van der Waals surface area contributed by atoms with Crippen LogP contribution in [0.5, 0.6) is 0 Å². The van der Waals surface area contributed by atoms with Gasteiger partial charge >= 0.3 is 0 Å². The van der Waals surface area contributed by atoms with Crippen molar-refractivity contribution in [1.82, 2.24) is 9.80 Å². The second kappa shape index (κ2) is 33.1. The van der Waals surface area contributed by atoms with Gasteiger partial charge in [0.05, 0.1) is 0 Å². The lowest BCUT2D eigenvalue weighted by atomic mass is 9.95. The summed E-state index contributed by atoms with van der Waals surface area (Å²) in [7, 11) is 0. The minimum absolute atomic E-state index is 0.407. The molecule has 0 N–H and O–H groups in total. The van der Waals surface area contributed by atoms with Gasteiger partial charge in [0, 0.05) is 39.0 Å². The standard InChI is InChI=1S/C44H88N2O2/c1-9-17-29-39(13-5)35-45(36-40(14-6)30-18-10-2)43(47)33-27-25-23-21-22-24-26-28-34-44(48)46(37-41(15-7)31-19-11-3)38-42(16-8)32-20-12-4/h39-42H,9-38H2,1-8H3. The predicted octanol–water partition coefficient (Wildman–Crippen LogP) is 13.4. The van der Waals surface area contributed by atoms with Crippen LogP contribution in [0.15, 0.2) is 0 Å². The van der Waals surface area contributed by atoms with E-state index in [1.165, 1.54) is 141 Å². The summed E-state index contributed by atoms with van der Waals surface area (Å²) in [6.07, 6.45) is 30.6. The Hall–Kier alpha value is -1.06. The van der Waals surface area contributed by atoms with Gasteiger partial charge in [-0.2, -0.15) is 0 Å². The van der Waals surface area contributed by atoms with Crippen LogP contribution in [0.25, 0.3) is 0 Å². The van der Waals surface area contributed by atoms with E-state index < -0.39 is 0 Å². The Morgan fingerprint density at radius 3 is 0.792 bits per heavy atom. The van der Waals surface area contributed by atoms with E-state index in [4.69, 9.17) is 0 Å². The molecule has 0 bridgehead atoms. The first kappa shape index (κ1) is 46.9. The molecule has 0 rings (SSSR count). The fourth-order valence-corrected chi connectivity index (χ4v) is 7.40. The van der Waals surface area contributed by atoms with E-state index in [2.05, 4.69) is 65.2 Å². The highest BCUT2D eigenvalue weighted by molar-refractivity contribution is 5.76. The van der Waals surface area contributed by atoms with E-state index >= 15 is 0 Å². The van der Waals surface area contributed by atoms with Gasteiger partial charge in [0.2, 0.25) is 11.8 Å². The Morgan fingerprint density at radius 1 is 0.354 bits per heavy atom. The maximum Gasteiger partial charge on any atom is 0.222 e. The molecular weight excluding hydrogens is 588 g/mol. The SMILES string of the molecule is CCCCC(CC)CN(CC(CC)CCCC)C(=O)CCCCCCCCCCC(=O)N(CC(CC)CCCC)CC(CC)CCCC. The number of rotatable bonds is 35. The van der Waals surface area contributed by atoms with Crippen LogP contribution in [-0.4, -0.2) is 47.8 Å². The Morgan fingerprint density at radius 2 is 0.583 bits per heavy atom. The van der Waals surface area contributed by atoms with Gasteiger partial charge in [-0.25, -0.2) is 0 Å². The summed E-state index contributed by atoms with van der Waals surface area (Å²) in [5.41, 5.74) is 0. The number of amides is 2. The molecule has 4 unspecified atom stereocenters. The first-order chi connectivity index (χ1) is 23.3. The number of hydrogen-bond acceptors (Lipinski definition) is 2. The Bertz CT molecular complexity index is 629. The van der Waals surface area contributed by atoms with Crippen LogP contribution in [0.2, 0.25) is 0 Å². The molecule has 0 saturated heterocycles. The second-order valence-corrected chi connectivity index (χ2v) is 15.6. The number of nitrogens with zero attached hydrogens (tertiary/aromatic N) is 2. The van der Waals surface area contributed by atoms with Gasteiger partial charge in [-0.3, -0.25) is 9.59 Å². The molecule has 4 heteroatoms. The predicted molar refractivity (Wildman–Crippen MR) is 213 cm³/mol. The minimum atomic E-state index is 0.407. The van der Waals surface area contributed by atoms with Crippen LogP contribution in [0.4, 0.5) is 0 Å². The molecule has 48 heavy (non-hydrogen) atoms. The molecule has 4 nitrogen and oxygen atoms in total. The Balaban J connectivity index is 4.62. The first-order valence-electron chi connectivity index (χ1n) is 21.9. The fourth-order valence-electron chi connectivity index (χ4n) is 7.40. The normalized spacial score (nSPS) is 14.1.